The highest BCUT2D eigenvalue weighted by Gasteiger charge is 2.26. The van der Waals surface area contributed by atoms with E-state index in [9.17, 15) is 0 Å². The number of hydrogen-bond acceptors (Lipinski definition) is 2. The van der Waals surface area contributed by atoms with Crippen LogP contribution in [0.25, 0.3) is 0 Å². The van der Waals surface area contributed by atoms with Gasteiger partial charge in [0.25, 0.3) is 0 Å². The van der Waals surface area contributed by atoms with Crippen molar-refractivity contribution in [3.8, 4) is 0 Å². The third-order valence-electron chi connectivity index (χ3n) is 4.46. The Morgan fingerprint density at radius 3 is 2.18 bits per heavy atom. The monoisotopic (exact) mass is 304 g/mol. The first-order valence-electron chi connectivity index (χ1n) is 9.22. The van der Waals surface area contributed by atoms with Gasteiger partial charge in [-0.1, -0.05) is 88.6 Å². The molecule has 2 nitrogen and oxygen atoms in total. The number of benzene rings is 1. The van der Waals surface area contributed by atoms with Crippen molar-refractivity contribution in [2.75, 3.05) is 6.61 Å². The molecular formula is C20H32O2. The maximum atomic E-state index is 6.00. The van der Waals surface area contributed by atoms with E-state index in [-0.39, 0.29) is 12.4 Å². The van der Waals surface area contributed by atoms with Crippen molar-refractivity contribution in [1.82, 2.24) is 0 Å². The number of ether oxygens (including phenoxy) is 2. The number of hydrogen-bond donors (Lipinski definition) is 0. The maximum Gasteiger partial charge on any atom is 0.158 e. The van der Waals surface area contributed by atoms with Crippen LogP contribution in [0.2, 0.25) is 0 Å². The van der Waals surface area contributed by atoms with Gasteiger partial charge in [-0.25, -0.2) is 0 Å². The second-order valence-electron chi connectivity index (χ2n) is 6.42. The highest BCUT2D eigenvalue weighted by Crippen LogP contribution is 2.28. The summed E-state index contributed by atoms with van der Waals surface area (Å²) in [6.45, 7) is 2.97. The normalized spacial score (nSPS) is 21.3. The molecule has 2 rings (SSSR count). The molecule has 0 amide bonds. The smallest absolute Gasteiger partial charge is 0.158 e. The molecule has 1 saturated heterocycles. The fraction of sp³-hybridized carbons (Fsp3) is 0.700. The van der Waals surface area contributed by atoms with Crippen LogP contribution in [0.3, 0.4) is 0 Å². The van der Waals surface area contributed by atoms with Crippen molar-refractivity contribution < 1.29 is 9.47 Å². The Kier molecular flexibility index (Phi) is 8.59. The topological polar surface area (TPSA) is 18.5 Å². The van der Waals surface area contributed by atoms with E-state index >= 15 is 0 Å². The third-order valence-corrected chi connectivity index (χ3v) is 4.46. The highest BCUT2D eigenvalue weighted by molar-refractivity contribution is 5.18. The van der Waals surface area contributed by atoms with Crippen LogP contribution in [0.4, 0.5) is 0 Å². The second kappa shape index (κ2) is 10.8. The minimum Gasteiger partial charge on any atom is -0.350 e. The van der Waals surface area contributed by atoms with E-state index in [4.69, 9.17) is 9.47 Å². The SMILES string of the molecule is CCCCCCCCCCC[C@@H]1OC[C@@H](c2ccccc2)O1. The molecule has 1 aromatic carbocycles. The van der Waals surface area contributed by atoms with Crippen LogP contribution >= 0.6 is 0 Å². The molecule has 0 unspecified atom stereocenters. The molecule has 0 aliphatic carbocycles. The fourth-order valence-electron chi connectivity index (χ4n) is 3.07. The summed E-state index contributed by atoms with van der Waals surface area (Å²) < 4.78 is 11.8. The summed E-state index contributed by atoms with van der Waals surface area (Å²) in [4.78, 5) is 0. The first-order valence-corrected chi connectivity index (χ1v) is 9.22. The molecule has 124 valence electrons. The summed E-state index contributed by atoms with van der Waals surface area (Å²) in [5.74, 6) is 0. The zero-order valence-corrected chi connectivity index (χ0v) is 14.1. The van der Waals surface area contributed by atoms with E-state index in [0.717, 1.165) is 6.42 Å². The van der Waals surface area contributed by atoms with Gasteiger partial charge in [0, 0.05) is 0 Å². The van der Waals surface area contributed by atoms with Gasteiger partial charge in [0.2, 0.25) is 0 Å². The van der Waals surface area contributed by atoms with Crippen molar-refractivity contribution in [3.63, 3.8) is 0 Å². The standard InChI is InChI=1S/C20H32O2/c1-2-3-4-5-6-7-8-9-13-16-20-21-17-19(22-20)18-14-11-10-12-15-18/h10-12,14-15,19-20H,2-9,13,16-17H2,1H3/t19-,20+/m0/s1. The third kappa shape index (κ3) is 6.50. The zero-order chi connectivity index (χ0) is 15.5. The Bertz CT molecular complexity index is 377. The Morgan fingerprint density at radius 2 is 1.50 bits per heavy atom. The van der Waals surface area contributed by atoms with Crippen molar-refractivity contribution in [1.29, 1.82) is 0 Å². The molecule has 0 N–H and O–H groups in total. The van der Waals surface area contributed by atoms with Gasteiger partial charge in [0.1, 0.15) is 6.10 Å². The Balaban J connectivity index is 1.47. The molecule has 2 heteroatoms. The predicted octanol–water partition coefficient (Wildman–Crippen LogP) is 6.02. The summed E-state index contributed by atoms with van der Waals surface area (Å²) in [5, 5.41) is 0. The Hall–Kier alpha value is -0.860. The van der Waals surface area contributed by atoms with Gasteiger partial charge in [-0.15, -0.1) is 0 Å². The van der Waals surface area contributed by atoms with Gasteiger partial charge < -0.3 is 9.47 Å². The number of unbranched alkanes of at least 4 members (excludes halogenated alkanes) is 8. The van der Waals surface area contributed by atoms with Gasteiger partial charge in [-0.2, -0.15) is 0 Å². The van der Waals surface area contributed by atoms with Gasteiger partial charge in [0.15, 0.2) is 6.29 Å². The quantitative estimate of drug-likeness (QED) is 0.465. The van der Waals surface area contributed by atoms with Gasteiger partial charge in [0.05, 0.1) is 6.61 Å². The Morgan fingerprint density at radius 1 is 0.864 bits per heavy atom. The molecule has 1 aliphatic rings. The minimum absolute atomic E-state index is 0.00904. The molecule has 1 aliphatic heterocycles. The highest BCUT2D eigenvalue weighted by atomic mass is 16.7. The first-order chi connectivity index (χ1) is 10.9. The molecule has 0 bridgehead atoms. The van der Waals surface area contributed by atoms with Gasteiger partial charge >= 0.3 is 0 Å². The molecular weight excluding hydrogens is 272 g/mol. The average Bonchev–Trinajstić information content (AvgIpc) is 3.03. The molecule has 0 aromatic heterocycles. The average molecular weight is 304 g/mol. The van der Waals surface area contributed by atoms with E-state index in [0.29, 0.717) is 6.61 Å². The van der Waals surface area contributed by atoms with Crippen LogP contribution in [0.5, 0.6) is 0 Å². The van der Waals surface area contributed by atoms with Crippen LogP contribution in [0, 0.1) is 0 Å². The van der Waals surface area contributed by atoms with Crippen LogP contribution in [-0.2, 0) is 9.47 Å². The minimum atomic E-state index is 0.00904. The van der Waals surface area contributed by atoms with Gasteiger partial charge in [-0.3, -0.25) is 0 Å². The van der Waals surface area contributed by atoms with Crippen LogP contribution in [0.15, 0.2) is 30.3 Å². The molecule has 1 fully saturated rings. The maximum absolute atomic E-state index is 6.00. The lowest BCUT2D eigenvalue weighted by atomic mass is 10.1. The Labute approximate surface area is 136 Å². The summed E-state index contributed by atoms with van der Waals surface area (Å²) in [7, 11) is 0. The van der Waals surface area contributed by atoms with Crippen LogP contribution in [0.1, 0.15) is 82.8 Å². The molecule has 2 atom stereocenters. The zero-order valence-electron chi connectivity index (χ0n) is 14.1. The van der Waals surface area contributed by atoms with E-state index in [1.54, 1.807) is 0 Å². The second-order valence-corrected chi connectivity index (χ2v) is 6.42. The fourth-order valence-corrected chi connectivity index (χ4v) is 3.07. The lowest BCUT2D eigenvalue weighted by molar-refractivity contribution is -0.0637. The van der Waals surface area contributed by atoms with Crippen molar-refractivity contribution in [2.24, 2.45) is 0 Å². The lowest BCUT2D eigenvalue weighted by Gasteiger charge is -2.11. The predicted molar refractivity (Wildman–Crippen MR) is 91.9 cm³/mol. The van der Waals surface area contributed by atoms with E-state index in [1.807, 2.05) is 6.07 Å². The molecule has 0 radical (unpaired) electrons. The largest absolute Gasteiger partial charge is 0.350 e. The molecule has 1 aromatic rings. The molecule has 0 spiro atoms. The lowest BCUT2D eigenvalue weighted by Crippen LogP contribution is -2.07. The molecule has 1 heterocycles. The van der Waals surface area contributed by atoms with Crippen molar-refractivity contribution >= 4 is 0 Å². The van der Waals surface area contributed by atoms with E-state index in [2.05, 4.69) is 31.2 Å². The first kappa shape index (κ1) is 17.5. The van der Waals surface area contributed by atoms with E-state index < -0.39 is 0 Å². The molecule has 22 heavy (non-hydrogen) atoms. The van der Waals surface area contributed by atoms with Gasteiger partial charge in [-0.05, 0) is 18.4 Å². The van der Waals surface area contributed by atoms with Crippen LogP contribution < -0.4 is 0 Å². The number of rotatable bonds is 11. The van der Waals surface area contributed by atoms with Crippen LogP contribution in [-0.4, -0.2) is 12.9 Å². The summed E-state index contributed by atoms with van der Waals surface area (Å²) >= 11 is 0. The summed E-state index contributed by atoms with van der Waals surface area (Å²) in [6.07, 6.45) is 13.5. The van der Waals surface area contributed by atoms with Crippen molar-refractivity contribution in [2.45, 2.75) is 83.5 Å². The van der Waals surface area contributed by atoms with Crippen molar-refractivity contribution in [3.05, 3.63) is 35.9 Å². The summed E-state index contributed by atoms with van der Waals surface area (Å²) in [6, 6.07) is 10.4. The molecule has 0 saturated carbocycles. The van der Waals surface area contributed by atoms with E-state index in [1.165, 1.54) is 63.4 Å². The summed E-state index contributed by atoms with van der Waals surface area (Å²) in [5.41, 5.74) is 1.23.